The van der Waals surface area contributed by atoms with Crippen LogP contribution in [0, 0.1) is 6.92 Å². The number of rotatable bonds is 4. The van der Waals surface area contributed by atoms with Crippen LogP contribution >= 0.6 is 0 Å². The van der Waals surface area contributed by atoms with Crippen LogP contribution in [0.25, 0.3) is 0 Å². The Balaban J connectivity index is 1.99. The average molecular weight is 281 g/mol. The summed E-state index contributed by atoms with van der Waals surface area (Å²) in [7, 11) is 3.98. The Kier molecular flexibility index (Phi) is 4.72. The first-order valence-electron chi connectivity index (χ1n) is 6.74. The fourth-order valence-electron chi connectivity index (χ4n) is 1.91. The zero-order valence-electron chi connectivity index (χ0n) is 12.5. The molecule has 0 aliphatic carbocycles. The molecule has 2 aromatic rings. The highest BCUT2D eigenvalue weighted by Gasteiger charge is 2.06. The van der Waals surface area contributed by atoms with E-state index in [-0.39, 0.29) is 5.91 Å². The van der Waals surface area contributed by atoms with Gasteiger partial charge in [-0.25, -0.2) is 5.43 Å². The van der Waals surface area contributed by atoms with Crippen molar-refractivity contribution < 1.29 is 4.79 Å². The Hall–Kier alpha value is -2.62. The molecule has 21 heavy (non-hydrogen) atoms. The third-order valence-corrected chi connectivity index (χ3v) is 3.18. The van der Waals surface area contributed by atoms with Gasteiger partial charge in [0.25, 0.3) is 5.91 Å². The van der Waals surface area contributed by atoms with E-state index in [0.717, 1.165) is 16.8 Å². The molecule has 0 radical (unpaired) electrons. The predicted molar refractivity (Wildman–Crippen MR) is 87.0 cm³/mol. The lowest BCUT2D eigenvalue weighted by atomic mass is 10.1. The van der Waals surface area contributed by atoms with Gasteiger partial charge >= 0.3 is 0 Å². The number of amides is 1. The van der Waals surface area contributed by atoms with Gasteiger partial charge in [0.05, 0.1) is 6.21 Å². The maximum atomic E-state index is 12.0. The SMILES string of the molecule is Cc1ccccc1C(=O)NN=Cc1ccc(N(C)C)cc1. The summed E-state index contributed by atoms with van der Waals surface area (Å²) >= 11 is 0. The van der Waals surface area contributed by atoms with Crippen LogP contribution in [0.3, 0.4) is 0 Å². The molecule has 1 N–H and O–H groups in total. The number of carbonyl (C=O) groups excluding carboxylic acids is 1. The second-order valence-electron chi connectivity index (χ2n) is 5.00. The van der Waals surface area contributed by atoms with E-state index in [1.54, 1.807) is 12.3 Å². The van der Waals surface area contributed by atoms with Gasteiger partial charge in [-0.2, -0.15) is 5.10 Å². The molecule has 4 nitrogen and oxygen atoms in total. The molecule has 0 aliphatic rings. The molecule has 2 aromatic carbocycles. The van der Waals surface area contributed by atoms with Crippen LogP contribution in [0.15, 0.2) is 53.6 Å². The highest BCUT2D eigenvalue weighted by Crippen LogP contribution is 2.11. The monoisotopic (exact) mass is 281 g/mol. The van der Waals surface area contributed by atoms with Crippen LogP contribution in [-0.4, -0.2) is 26.2 Å². The van der Waals surface area contributed by atoms with E-state index in [0.29, 0.717) is 5.56 Å². The lowest BCUT2D eigenvalue weighted by Crippen LogP contribution is -2.18. The summed E-state index contributed by atoms with van der Waals surface area (Å²) in [5.41, 5.74) is 6.17. The van der Waals surface area contributed by atoms with E-state index in [2.05, 4.69) is 10.5 Å². The Morgan fingerprint density at radius 2 is 1.76 bits per heavy atom. The molecule has 108 valence electrons. The van der Waals surface area contributed by atoms with Crippen molar-refractivity contribution in [3.05, 3.63) is 65.2 Å². The fourth-order valence-corrected chi connectivity index (χ4v) is 1.91. The van der Waals surface area contributed by atoms with E-state index < -0.39 is 0 Å². The largest absolute Gasteiger partial charge is 0.378 e. The molecular weight excluding hydrogens is 262 g/mol. The van der Waals surface area contributed by atoms with Crippen LogP contribution < -0.4 is 10.3 Å². The van der Waals surface area contributed by atoms with Crippen LogP contribution in [0.4, 0.5) is 5.69 Å². The minimum absolute atomic E-state index is 0.200. The Morgan fingerprint density at radius 3 is 2.38 bits per heavy atom. The predicted octanol–water partition coefficient (Wildman–Crippen LogP) is 2.82. The van der Waals surface area contributed by atoms with Crippen LogP contribution in [0.1, 0.15) is 21.5 Å². The van der Waals surface area contributed by atoms with Crippen molar-refractivity contribution in [1.29, 1.82) is 0 Å². The van der Waals surface area contributed by atoms with Crippen molar-refractivity contribution in [2.45, 2.75) is 6.92 Å². The molecule has 0 fully saturated rings. The topological polar surface area (TPSA) is 44.7 Å². The fraction of sp³-hybridized carbons (Fsp3) is 0.176. The van der Waals surface area contributed by atoms with Crippen molar-refractivity contribution in [2.75, 3.05) is 19.0 Å². The summed E-state index contributed by atoms with van der Waals surface area (Å²) in [4.78, 5) is 14.0. The van der Waals surface area contributed by atoms with E-state index in [1.165, 1.54) is 0 Å². The van der Waals surface area contributed by atoms with Gasteiger partial charge in [-0.3, -0.25) is 4.79 Å². The van der Waals surface area contributed by atoms with Gasteiger partial charge in [0, 0.05) is 25.3 Å². The van der Waals surface area contributed by atoms with Gasteiger partial charge in [0.2, 0.25) is 0 Å². The van der Waals surface area contributed by atoms with Crippen molar-refractivity contribution in [1.82, 2.24) is 5.43 Å². The molecule has 4 heteroatoms. The first-order valence-corrected chi connectivity index (χ1v) is 6.74. The second kappa shape index (κ2) is 6.70. The standard InChI is InChI=1S/C17H19N3O/c1-13-6-4-5-7-16(13)17(21)19-18-12-14-8-10-15(11-9-14)20(2)3/h4-12H,1-3H3,(H,19,21). The van der Waals surface area contributed by atoms with E-state index in [4.69, 9.17) is 0 Å². The van der Waals surface area contributed by atoms with E-state index >= 15 is 0 Å². The quantitative estimate of drug-likeness (QED) is 0.692. The maximum absolute atomic E-state index is 12.0. The van der Waals surface area contributed by atoms with Gasteiger partial charge in [0.1, 0.15) is 0 Å². The van der Waals surface area contributed by atoms with Gasteiger partial charge in [-0.05, 0) is 36.2 Å². The van der Waals surface area contributed by atoms with Gasteiger partial charge in [-0.1, -0.05) is 30.3 Å². The smallest absolute Gasteiger partial charge is 0.271 e. The Morgan fingerprint density at radius 1 is 1.10 bits per heavy atom. The average Bonchev–Trinajstić information content (AvgIpc) is 2.48. The lowest BCUT2D eigenvalue weighted by molar-refractivity contribution is 0.0954. The number of nitrogens with one attached hydrogen (secondary N) is 1. The van der Waals surface area contributed by atoms with Crippen molar-refractivity contribution in [3.8, 4) is 0 Å². The molecular formula is C17H19N3O. The molecule has 0 atom stereocenters. The lowest BCUT2D eigenvalue weighted by Gasteiger charge is -2.11. The Labute approximate surface area is 125 Å². The summed E-state index contributed by atoms with van der Waals surface area (Å²) in [5.74, 6) is -0.200. The molecule has 0 saturated heterocycles. The summed E-state index contributed by atoms with van der Waals surface area (Å²) in [6.07, 6.45) is 1.63. The summed E-state index contributed by atoms with van der Waals surface area (Å²) in [6, 6.07) is 15.4. The number of hydrazone groups is 1. The number of benzene rings is 2. The molecule has 0 unspecified atom stereocenters. The first kappa shape index (κ1) is 14.8. The summed E-state index contributed by atoms with van der Waals surface area (Å²) in [5, 5.41) is 4.00. The van der Waals surface area contributed by atoms with Crippen LogP contribution in [0.2, 0.25) is 0 Å². The number of carbonyl (C=O) groups is 1. The van der Waals surface area contributed by atoms with E-state index in [1.807, 2.05) is 68.4 Å². The molecule has 0 bridgehead atoms. The number of aryl methyl sites for hydroxylation is 1. The molecule has 0 spiro atoms. The van der Waals surface area contributed by atoms with Crippen molar-refractivity contribution in [3.63, 3.8) is 0 Å². The van der Waals surface area contributed by atoms with Gasteiger partial charge < -0.3 is 4.90 Å². The first-order chi connectivity index (χ1) is 10.1. The molecule has 0 heterocycles. The van der Waals surface area contributed by atoms with Crippen LogP contribution in [-0.2, 0) is 0 Å². The molecule has 0 aromatic heterocycles. The van der Waals surface area contributed by atoms with Crippen molar-refractivity contribution >= 4 is 17.8 Å². The number of anilines is 1. The maximum Gasteiger partial charge on any atom is 0.271 e. The minimum atomic E-state index is -0.200. The highest BCUT2D eigenvalue weighted by molar-refractivity contribution is 5.96. The summed E-state index contributed by atoms with van der Waals surface area (Å²) < 4.78 is 0. The third-order valence-electron chi connectivity index (χ3n) is 3.18. The van der Waals surface area contributed by atoms with Crippen LogP contribution in [0.5, 0.6) is 0 Å². The van der Waals surface area contributed by atoms with Gasteiger partial charge in [-0.15, -0.1) is 0 Å². The number of hydrogen-bond donors (Lipinski definition) is 1. The summed E-state index contributed by atoms with van der Waals surface area (Å²) in [6.45, 7) is 1.90. The zero-order valence-corrected chi connectivity index (χ0v) is 12.5. The van der Waals surface area contributed by atoms with Gasteiger partial charge in [0.15, 0.2) is 0 Å². The molecule has 2 rings (SSSR count). The normalized spacial score (nSPS) is 10.6. The third kappa shape index (κ3) is 3.92. The number of hydrogen-bond acceptors (Lipinski definition) is 3. The molecule has 0 saturated carbocycles. The highest BCUT2D eigenvalue weighted by atomic mass is 16.2. The zero-order chi connectivity index (χ0) is 15.2. The Bertz CT molecular complexity index is 645. The van der Waals surface area contributed by atoms with Crippen molar-refractivity contribution in [2.24, 2.45) is 5.10 Å². The second-order valence-corrected chi connectivity index (χ2v) is 5.00. The molecule has 1 amide bonds. The van der Waals surface area contributed by atoms with E-state index in [9.17, 15) is 4.79 Å². The molecule has 0 aliphatic heterocycles. The minimum Gasteiger partial charge on any atom is -0.378 e. The number of nitrogens with zero attached hydrogens (tertiary/aromatic N) is 2.